The Bertz CT molecular complexity index is 905. The van der Waals surface area contributed by atoms with Crippen molar-refractivity contribution >= 4 is 23.0 Å². The molecule has 1 amide bonds. The van der Waals surface area contributed by atoms with Gasteiger partial charge in [0.2, 0.25) is 0 Å². The van der Waals surface area contributed by atoms with Gasteiger partial charge in [0, 0.05) is 0 Å². The second-order valence-corrected chi connectivity index (χ2v) is 5.72. The molecule has 1 heterocycles. The molecule has 0 atom stereocenters. The van der Waals surface area contributed by atoms with Crippen LogP contribution in [-0.2, 0) is 11.0 Å². The molecule has 2 N–H and O–H groups in total. The summed E-state index contributed by atoms with van der Waals surface area (Å²) in [7, 11) is 0. The Hall–Kier alpha value is -3.29. The fraction of sp³-hybridized carbons (Fsp3) is 0.111. The Morgan fingerprint density at radius 3 is 2.58 bits per heavy atom. The number of rotatable bonds is 3. The number of hydrazone groups is 1. The van der Waals surface area contributed by atoms with Gasteiger partial charge in [-0.3, -0.25) is 15.6 Å². The number of nitrogens with zero attached hydrogens (tertiary/aromatic N) is 2. The summed E-state index contributed by atoms with van der Waals surface area (Å²) in [5.74, 6) is -0.602. The van der Waals surface area contributed by atoms with Gasteiger partial charge in [-0.05, 0) is 42.8 Å². The molecule has 0 unspecified atom stereocenters. The molecule has 0 aromatic heterocycles. The number of aryl methyl sites for hydroxylation is 1. The normalized spacial score (nSPS) is 16.2. The molecule has 1 aliphatic rings. The average molecular weight is 360 g/mol. The van der Waals surface area contributed by atoms with Crippen LogP contribution in [0.25, 0.3) is 0 Å². The molecule has 0 spiro atoms. The third kappa shape index (κ3) is 3.53. The van der Waals surface area contributed by atoms with Gasteiger partial charge < -0.3 is 0 Å². The summed E-state index contributed by atoms with van der Waals surface area (Å²) < 4.78 is 38.6. The van der Waals surface area contributed by atoms with Crippen molar-refractivity contribution < 1.29 is 18.0 Å². The van der Waals surface area contributed by atoms with Gasteiger partial charge in [0.15, 0.2) is 5.71 Å². The van der Waals surface area contributed by atoms with Crippen molar-refractivity contribution in [1.29, 1.82) is 0 Å². The largest absolute Gasteiger partial charge is 0.416 e. The van der Waals surface area contributed by atoms with E-state index in [1.54, 1.807) is 6.07 Å². The minimum Gasteiger partial charge on any atom is -0.289 e. The second kappa shape index (κ2) is 6.55. The second-order valence-electron chi connectivity index (χ2n) is 5.72. The van der Waals surface area contributed by atoms with Gasteiger partial charge in [-0.2, -0.15) is 18.3 Å². The van der Waals surface area contributed by atoms with E-state index in [4.69, 9.17) is 0 Å². The minimum atomic E-state index is -4.50. The van der Waals surface area contributed by atoms with E-state index < -0.39 is 17.6 Å². The van der Waals surface area contributed by atoms with Crippen molar-refractivity contribution in [2.75, 3.05) is 10.4 Å². The van der Waals surface area contributed by atoms with Crippen LogP contribution >= 0.6 is 0 Å². The number of nitrogens with one attached hydrogen (secondary N) is 2. The van der Waals surface area contributed by atoms with E-state index in [-0.39, 0.29) is 17.1 Å². The molecule has 1 aliphatic heterocycles. The van der Waals surface area contributed by atoms with Crippen molar-refractivity contribution in [3.8, 4) is 0 Å². The molecule has 0 radical (unpaired) electrons. The SMILES string of the molecule is C=C1NN(c2cccc(C(F)(F)F)c2)C(=O)C1=NNc1cccc(C)c1. The van der Waals surface area contributed by atoms with Gasteiger partial charge >= 0.3 is 6.18 Å². The molecular formula is C18H15F3N4O. The number of alkyl halides is 3. The first-order valence-electron chi connectivity index (χ1n) is 7.64. The molecule has 0 bridgehead atoms. The summed E-state index contributed by atoms with van der Waals surface area (Å²) in [5.41, 5.74) is 6.47. The molecule has 134 valence electrons. The van der Waals surface area contributed by atoms with E-state index in [0.717, 1.165) is 22.7 Å². The molecule has 3 rings (SSSR count). The highest BCUT2D eigenvalue weighted by Gasteiger charge is 2.35. The summed E-state index contributed by atoms with van der Waals surface area (Å²) in [6.45, 7) is 5.61. The Kier molecular flexibility index (Phi) is 4.41. The third-order valence-corrected chi connectivity index (χ3v) is 3.68. The number of benzene rings is 2. The van der Waals surface area contributed by atoms with Crippen LogP contribution in [0.3, 0.4) is 0 Å². The van der Waals surface area contributed by atoms with Gasteiger partial charge in [0.1, 0.15) is 0 Å². The molecule has 8 heteroatoms. The zero-order valence-corrected chi connectivity index (χ0v) is 13.8. The summed E-state index contributed by atoms with van der Waals surface area (Å²) >= 11 is 0. The number of hydrogen-bond acceptors (Lipinski definition) is 4. The maximum absolute atomic E-state index is 12.9. The van der Waals surface area contributed by atoms with Crippen LogP contribution in [0.5, 0.6) is 0 Å². The molecule has 26 heavy (non-hydrogen) atoms. The monoisotopic (exact) mass is 360 g/mol. The lowest BCUT2D eigenvalue weighted by Gasteiger charge is -2.17. The minimum absolute atomic E-state index is 0.0103. The van der Waals surface area contributed by atoms with E-state index in [2.05, 4.69) is 22.5 Å². The Morgan fingerprint density at radius 2 is 1.88 bits per heavy atom. The average Bonchev–Trinajstić information content (AvgIpc) is 2.87. The van der Waals surface area contributed by atoms with E-state index >= 15 is 0 Å². The highest BCUT2D eigenvalue weighted by atomic mass is 19.4. The van der Waals surface area contributed by atoms with E-state index in [9.17, 15) is 18.0 Å². The summed E-state index contributed by atoms with van der Waals surface area (Å²) in [6.07, 6.45) is -4.50. The fourth-order valence-electron chi connectivity index (χ4n) is 2.43. The zero-order chi connectivity index (χ0) is 18.9. The fourth-order valence-corrected chi connectivity index (χ4v) is 2.43. The van der Waals surface area contributed by atoms with Crippen molar-refractivity contribution in [1.82, 2.24) is 5.43 Å². The molecule has 2 aromatic carbocycles. The first-order valence-corrected chi connectivity index (χ1v) is 7.64. The number of amides is 1. The molecule has 0 aliphatic carbocycles. The van der Waals surface area contributed by atoms with Crippen LogP contribution in [0.4, 0.5) is 24.5 Å². The maximum atomic E-state index is 12.9. The predicted molar refractivity (Wildman–Crippen MR) is 93.4 cm³/mol. The van der Waals surface area contributed by atoms with Crippen LogP contribution in [0.2, 0.25) is 0 Å². The Balaban J connectivity index is 1.84. The van der Waals surface area contributed by atoms with Crippen LogP contribution in [-0.4, -0.2) is 11.6 Å². The van der Waals surface area contributed by atoms with Gasteiger partial charge in [-0.25, -0.2) is 5.01 Å². The van der Waals surface area contributed by atoms with Crippen LogP contribution in [0, 0.1) is 6.92 Å². The predicted octanol–water partition coefficient (Wildman–Crippen LogP) is 3.85. The lowest BCUT2D eigenvalue weighted by Crippen LogP contribution is -2.34. The van der Waals surface area contributed by atoms with E-state index in [0.29, 0.717) is 5.69 Å². The Labute approximate surface area is 147 Å². The highest BCUT2D eigenvalue weighted by Crippen LogP contribution is 2.32. The van der Waals surface area contributed by atoms with Crippen LogP contribution in [0.1, 0.15) is 11.1 Å². The van der Waals surface area contributed by atoms with Crippen LogP contribution in [0.15, 0.2) is 65.9 Å². The number of carbonyl (C=O) groups is 1. The van der Waals surface area contributed by atoms with Gasteiger partial charge in [0.05, 0.1) is 22.6 Å². The summed E-state index contributed by atoms with van der Waals surface area (Å²) in [5, 5.41) is 5.02. The molecule has 2 aromatic rings. The molecule has 0 saturated carbocycles. The van der Waals surface area contributed by atoms with Crippen molar-refractivity contribution in [3.63, 3.8) is 0 Å². The van der Waals surface area contributed by atoms with Gasteiger partial charge in [-0.15, -0.1) is 0 Å². The third-order valence-electron chi connectivity index (χ3n) is 3.68. The number of anilines is 2. The molecule has 1 fully saturated rings. The molecular weight excluding hydrogens is 345 g/mol. The summed E-state index contributed by atoms with van der Waals surface area (Å²) in [4.78, 5) is 12.5. The van der Waals surface area contributed by atoms with Gasteiger partial charge in [-0.1, -0.05) is 24.8 Å². The number of halogens is 3. The Morgan fingerprint density at radius 1 is 1.15 bits per heavy atom. The first-order chi connectivity index (χ1) is 12.3. The van der Waals surface area contributed by atoms with Crippen molar-refractivity contribution in [2.24, 2.45) is 5.10 Å². The smallest absolute Gasteiger partial charge is 0.289 e. The van der Waals surface area contributed by atoms with Crippen molar-refractivity contribution in [2.45, 2.75) is 13.1 Å². The highest BCUT2D eigenvalue weighted by molar-refractivity contribution is 6.51. The summed E-state index contributed by atoms with van der Waals surface area (Å²) in [6, 6.07) is 11.8. The van der Waals surface area contributed by atoms with Crippen LogP contribution < -0.4 is 15.9 Å². The standard InChI is InChI=1S/C18H15F3N4O/c1-11-5-3-7-14(9-11)22-23-16-12(2)24-25(17(16)26)15-8-4-6-13(10-15)18(19,20)21/h3-10,22,24H,2H2,1H3. The lowest BCUT2D eigenvalue weighted by molar-refractivity contribution is -0.137. The molecule has 1 saturated heterocycles. The number of hydrazine groups is 1. The maximum Gasteiger partial charge on any atom is 0.416 e. The van der Waals surface area contributed by atoms with Gasteiger partial charge in [0.25, 0.3) is 5.91 Å². The topological polar surface area (TPSA) is 56.7 Å². The number of carbonyl (C=O) groups excluding carboxylic acids is 1. The van der Waals surface area contributed by atoms with E-state index in [1.165, 1.54) is 12.1 Å². The zero-order valence-electron chi connectivity index (χ0n) is 13.8. The molecule has 5 nitrogen and oxygen atoms in total. The lowest BCUT2D eigenvalue weighted by atomic mass is 10.2. The quantitative estimate of drug-likeness (QED) is 0.818. The van der Waals surface area contributed by atoms with Crippen molar-refractivity contribution in [3.05, 3.63) is 71.9 Å². The van der Waals surface area contributed by atoms with E-state index in [1.807, 2.05) is 25.1 Å². The number of hydrogen-bond donors (Lipinski definition) is 2. The first kappa shape index (κ1) is 17.5.